The predicted octanol–water partition coefficient (Wildman–Crippen LogP) is 2.66. The van der Waals surface area contributed by atoms with Crippen molar-refractivity contribution < 1.29 is 0 Å². The predicted molar refractivity (Wildman–Crippen MR) is 94.9 cm³/mol. The number of likely N-dealkylation sites (N-methyl/N-ethyl adjacent to an activating group) is 1. The van der Waals surface area contributed by atoms with Gasteiger partial charge in [0.1, 0.15) is 6.33 Å². The Hall–Kier alpha value is -2.53. The van der Waals surface area contributed by atoms with Gasteiger partial charge in [0, 0.05) is 31.9 Å². The summed E-state index contributed by atoms with van der Waals surface area (Å²) in [7, 11) is 2.18. The van der Waals surface area contributed by atoms with E-state index in [0.717, 1.165) is 42.9 Å². The van der Waals surface area contributed by atoms with Crippen LogP contribution in [0.1, 0.15) is 0 Å². The third-order valence-electron chi connectivity index (χ3n) is 4.42. The van der Waals surface area contributed by atoms with Gasteiger partial charge < -0.3 is 9.80 Å². The summed E-state index contributed by atoms with van der Waals surface area (Å²) in [6.45, 7) is 4.36. The van der Waals surface area contributed by atoms with Gasteiger partial charge in [-0.2, -0.15) is 0 Å². The molecule has 1 saturated heterocycles. The molecule has 0 amide bonds. The van der Waals surface area contributed by atoms with Crippen LogP contribution in [0.15, 0.2) is 54.9 Å². The lowest BCUT2D eigenvalue weighted by Crippen LogP contribution is -2.44. The van der Waals surface area contributed by atoms with Gasteiger partial charge in [0.25, 0.3) is 0 Å². The maximum atomic E-state index is 4.49. The Morgan fingerprint density at radius 2 is 1.74 bits per heavy atom. The number of para-hydroxylation sites is 1. The number of nitrogens with one attached hydrogen (secondary N) is 1. The highest BCUT2D eigenvalue weighted by atomic mass is 15.4. The van der Waals surface area contributed by atoms with E-state index in [1.54, 1.807) is 0 Å². The van der Waals surface area contributed by atoms with Gasteiger partial charge in [-0.15, -0.1) is 0 Å². The number of hydrogen-bond acceptors (Lipinski definition) is 4. The van der Waals surface area contributed by atoms with Crippen LogP contribution in [0.4, 0.5) is 11.4 Å². The first kappa shape index (κ1) is 14.1. The molecule has 0 spiro atoms. The molecule has 0 atom stereocenters. The molecule has 1 aromatic heterocycles. The molecule has 3 aromatic rings. The van der Waals surface area contributed by atoms with Gasteiger partial charge in [-0.05, 0) is 37.4 Å². The number of piperazine rings is 1. The Morgan fingerprint density at radius 3 is 2.52 bits per heavy atom. The smallest absolute Gasteiger partial charge is 0.116 e. The fraction of sp³-hybridized carbons (Fsp3) is 0.278. The minimum absolute atomic E-state index is 1.01. The maximum absolute atomic E-state index is 4.49. The second kappa shape index (κ2) is 5.93. The fourth-order valence-corrected chi connectivity index (χ4v) is 3.00. The number of nitrogens with zero attached hydrogens (tertiary/aromatic N) is 4. The molecular weight excluding hydrogens is 286 g/mol. The Bertz CT molecular complexity index is 788. The summed E-state index contributed by atoms with van der Waals surface area (Å²) in [5.74, 6) is 0. The standard InChI is InChI=1S/C18H21N5/c1-21-9-11-22(12-10-21)16-7-8-17-18(13-16)23(14-19-17)20-15-5-3-2-4-6-15/h2-8,13-14,20H,9-12H2,1H3. The van der Waals surface area contributed by atoms with Gasteiger partial charge in [0.05, 0.1) is 16.7 Å². The van der Waals surface area contributed by atoms with E-state index in [4.69, 9.17) is 0 Å². The third kappa shape index (κ3) is 2.87. The van der Waals surface area contributed by atoms with Crippen LogP contribution in [0.2, 0.25) is 0 Å². The highest BCUT2D eigenvalue weighted by molar-refractivity contribution is 5.80. The molecule has 23 heavy (non-hydrogen) atoms. The first-order valence-electron chi connectivity index (χ1n) is 8.02. The van der Waals surface area contributed by atoms with Crippen molar-refractivity contribution in [3.05, 3.63) is 54.9 Å². The summed E-state index contributed by atoms with van der Waals surface area (Å²) < 4.78 is 1.99. The molecule has 0 radical (unpaired) electrons. The molecule has 118 valence electrons. The zero-order valence-corrected chi connectivity index (χ0v) is 13.3. The first-order chi connectivity index (χ1) is 11.3. The molecule has 1 aliphatic rings. The van der Waals surface area contributed by atoms with Crippen molar-refractivity contribution in [2.75, 3.05) is 43.6 Å². The van der Waals surface area contributed by atoms with E-state index < -0.39 is 0 Å². The molecule has 1 N–H and O–H groups in total. The molecule has 0 aliphatic carbocycles. The lowest BCUT2D eigenvalue weighted by atomic mass is 10.2. The lowest BCUT2D eigenvalue weighted by molar-refractivity contribution is 0.313. The molecule has 2 heterocycles. The van der Waals surface area contributed by atoms with Crippen molar-refractivity contribution >= 4 is 22.4 Å². The van der Waals surface area contributed by atoms with Gasteiger partial charge in [0.15, 0.2) is 0 Å². The van der Waals surface area contributed by atoms with Crippen LogP contribution in [0.25, 0.3) is 11.0 Å². The molecule has 1 aliphatic heterocycles. The zero-order chi connectivity index (χ0) is 15.6. The largest absolute Gasteiger partial charge is 0.369 e. The van der Waals surface area contributed by atoms with Crippen molar-refractivity contribution in [3.63, 3.8) is 0 Å². The average molecular weight is 307 g/mol. The maximum Gasteiger partial charge on any atom is 0.116 e. The Morgan fingerprint density at radius 1 is 0.957 bits per heavy atom. The van der Waals surface area contributed by atoms with Gasteiger partial charge in [-0.25, -0.2) is 9.66 Å². The van der Waals surface area contributed by atoms with Crippen molar-refractivity contribution in [2.45, 2.75) is 0 Å². The molecule has 5 heteroatoms. The number of fused-ring (bicyclic) bond motifs is 1. The zero-order valence-electron chi connectivity index (χ0n) is 13.3. The first-order valence-corrected chi connectivity index (χ1v) is 8.02. The number of anilines is 2. The van der Waals surface area contributed by atoms with Crippen LogP contribution in [0.3, 0.4) is 0 Å². The number of rotatable bonds is 3. The SMILES string of the molecule is CN1CCN(c2ccc3ncn(Nc4ccccc4)c3c2)CC1. The Balaban J connectivity index is 1.63. The van der Waals surface area contributed by atoms with Crippen LogP contribution in [-0.4, -0.2) is 47.8 Å². The van der Waals surface area contributed by atoms with Crippen LogP contribution in [-0.2, 0) is 0 Å². The summed E-state index contributed by atoms with van der Waals surface area (Å²) in [6.07, 6.45) is 1.84. The molecule has 0 bridgehead atoms. The molecule has 0 unspecified atom stereocenters. The van der Waals surface area contributed by atoms with E-state index in [9.17, 15) is 0 Å². The van der Waals surface area contributed by atoms with E-state index in [0.29, 0.717) is 0 Å². The van der Waals surface area contributed by atoms with Gasteiger partial charge in [-0.3, -0.25) is 5.43 Å². The fourth-order valence-electron chi connectivity index (χ4n) is 3.00. The van der Waals surface area contributed by atoms with E-state index >= 15 is 0 Å². The van der Waals surface area contributed by atoms with Crippen LogP contribution in [0, 0.1) is 0 Å². The van der Waals surface area contributed by atoms with E-state index in [-0.39, 0.29) is 0 Å². The molecule has 4 rings (SSSR count). The summed E-state index contributed by atoms with van der Waals surface area (Å²) in [6, 6.07) is 16.7. The summed E-state index contributed by atoms with van der Waals surface area (Å²) in [4.78, 5) is 9.30. The van der Waals surface area contributed by atoms with E-state index in [1.807, 2.05) is 29.2 Å². The van der Waals surface area contributed by atoms with Gasteiger partial charge >= 0.3 is 0 Å². The number of hydrogen-bond donors (Lipinski definition) is 1. The van der Waals surface area contributed by atoms with E-state index in [2.05, 4.69) is 57.6 Å². The normalized spacial score (nSPS) is 16.0. The molecular formula is C18H21N5. The van der Waals surface area contributed by atoms with Crippen molar-refractivity contribution in [1.82, 2.24) is 14.6 Å². The molecule has 2 aromatic carbocycles. The quantitative estimate of drug-likeness (QED) is 0.807. The molecule has 1 fully saturated rings. The van der Waals surface area contributed by atoms with E-state index in [1.165, 1.54) is 5.69 Å². The molecule has 5 nitrogen and oxygen atoms in total. The number of benzene rings is 2. The van der Waals surface area contributed by atoms with Crippen LogP contribution in [0.5, 0.6) is 0 Å². The van der Waals surface area contributed by atoms with Gasteiger partial charge in [-0.1, -0.05) is 18.2 Å². The van der Waals surface area contributed by atoms with Crippen molar-refractivity contribution in [1.29, 1.82) is 0 Å². The Kier molecular flexibility index (Phi) is 3.63. The second-order valence-corrected chi connectivity index (χ2v) is 6.06. The average Bonchev–Trinajstić information content (AvgIpc) is 2.99. The van der Waals surface area contributed by atoms with Crippen molar-refractivity contribution in [3.8, 4) is 0 Å². The Labute approximate surface area is 136 Å². The van der Waals surface area contributed by atoms with Gasteiger partial charge in [0.2, 0.25) is 0 Å². The monoisotopic (exact) mass is 307 g/mol. The highest BCUT2D eigenvalue weighted by Gasteiger charge is 2.15. The minimum Gasteiger partial charge on any atom is -0.369 e. The number of imidazole rings is 1. The van der Waals surface area contributed by atoms with Crippen LogP contribution < -0.4 is 10.3 Å². The summed E-state index contributed by atoms with van der Waals surface area (Å²) >= 11 is 0. The van der Waals surface area contributed by atoms with Crippen LogP contribution >= 0.6 is 0 Å². The lowest BCUT2D eigenvalue weighted by Gasteiger charge is -2.34. The summed E-state index contributed by atoms with van der Waals surface area (Å²) in [5, 5.41) is 0. The second-order valence-electron chi connectivity index (χ2n) is 6.06. The summed E-state index contributed by atoms with van der Waals surface area (Å²) in [5.41, 5.74) is 7.82. The number of aromatic nitrogens is 2. The topological polar surface area (TPSA) is 36.3 Å². The van der Waals surface area contributed by atoms with Crippen molar-refractivity contribution in [2.24, 2.45) is 0 Å². The molecule has 0 saturated carbocycles. The third-order valence-corrected chi connectivity index (χ3v) is 4.42. The minimum atomic E-state index is 1.01. The highest BCUT2D eigenvalue weighted by Crippen LogP contribution is 2.23.